The van der Waals surface area contributed by atoms with Crippen LogP contribution in [0.15, 0.2) is 59.5 Å². The number of para-hydroxylation sites is 1. The van der Waals surface area contributed by atoms with Crippen LogP contribution in [0.1, 0.15) is 11.1 Å². The van der Waals surface area contributed by atoms with Gasteiger partial charge in [0.2, 0.25) is 0 Å². The minimum Gasteiger partial charge on any atom is -0.268 e. The third-order valence-electron chi connectivity index (χ3n) is 3.32. The number of carbonyl (C=O) groups is 2. The molecule has 122 valence electrons. The second kappa shape index (κ2) is 6.16. The zero-order chi connectivity index (χ0) is 17.3. The number of alkyl halides is 3. The van der Waals surface area contributed by atoms with E-state index in [1.54, 1.807) is 30.3 Å². The number of carbonyl (C=O) groups excluding carboxylic acids is 2. The highest BCUT2D eigenvalue weighted by molar-refractivity contribution is 8.19. The van der Waals surface area contributed by atoms with Gasteiger partial charge in [0.15, 0.2) is 0 Å². The second-order valence-electron chi connectivity index (χ2n) is 4.98. The minimum atomic E-state index is -4.47. The van der Waals surface area contributed by atoms with Crippen molar-refractivity contribution in [3.63, 3.8) is 0 Å². The molecule has 2 amide bonds. The molecule has 1 heterocycles. The van der Waals surface area contributed by atoms with Gasteiger partial charge >= 0.3 is 6.18 Å². The van der Waals surface area contributed by atoms with E-state index in [1.807, 2.05) is 0 Å². The highest BCUT2D eigenvalue weighted by Crippen LogP contribution is 2.36. The fourth-order valence-electron chi connectivity index (χ4n) is 2.22. The molecule has 1 fully saturated rings. The van der Waals surface area contributed by atoms with Crippen molar-refractivity contribution in [2.45, 2.75) is 6.18 Å². The third kappa shape index (κ3) is 3.21. The number of benzene rings is 2. The molecule has 0 atom stereocenters. The molecular weight excluding hydrogens is 339 g/mol. The van der Waals surface area contributed by atoms with E-state index < -0.39 is 22.9 Å². The average molecular weight is 349 g/mol. The van der Waals surface area contributed by atoms with E-state index in [0.717, 1.165) is 17.0 Å². The Balaban J connectivity index is 1.93. The summed E-state index contributed by atoms with van der Waals surface area (Å²) in [6.07, 6.45) is -3.17. The molecule has 1 aliphatic rings. The van der Waals surface area contributed by atoms with E-state index in [9.17, 15) is 22.8 Å². The molecule has 0 bridgehead atoms. The Kier molecular flexibility index (Phi) is 4.19. The molecule has 0 unspecified atom stereocenters. The molecule has 0 spiro atoms. The van der Waals surface area contributed by atoms with Gasteiger partial charge in [0.05, 0.1) is 16.2 Å². The monoisotopic (exact) mass is 349 g/mol. The van der Waals surface area contributed by atoms with Gasteiger partial charge in [-0.1, -0.05) is 30.3 Å². The summed E-state index contributed by atoms with van der Waals surface area (Å²) in [5, 5.41) is -0.482. The lowest BCUT2D eigenvalue weighted by molar-refractivity contribution is -0.137. The van der Waals surface area contributed by atoms with Gasteiger partial charge in [-0.25, -0.2) is 4.90 Å². The van der Waals surface area contributed by atoms with Crippen LogP contribution in [-0.4, -0.2) is 11.1 Å². The number of thioether (sulfide) groups is 1. The van der Waals surface area contributed by atoms with Gasteiger partial charge in [0, 0.05) is 0 Å². The van der Waals surface area contributed by atoms with Crippen molar-refractivity contribution >= 4 is 34.7 Å². The topological polar surface area (TPSA) is 37.4 Å². The Morgan fingerprint density at radius 1 is 0.958 bits per heavy atom. The van der Waals surface area contributed by atoms with Crippen molar-refractivity contribution in [1.29, 1.82) is 0 Å². The van der Waals surface area contributed by atoms with Crippen molar-refractivity contribution in [1.82, 2.24) is 0 Å². The summed E-state index contributed by atoms with van der Waals surface area (Å²) in [5.41, 5.74) is -0.172. The van der Waals surface area contributed by atoms with Gasteiger partial charge < -0.3 is 0 Å². The fourth-order valence-corrected chi connectivity index (χ4v) is 3.06. The van der Waals surface area contributed by atoms with Gasteiger partial charge in [0.1, 0.15) is 0 Å². The number of rotatable bonds is 2. The number of halogens is 3. The maximum Gasteiger partial charge on any atom is 0.416 e. The number of amides is 2. The minimum absolute atomic E-state index is 0.0863. The highest BCUT2D eigenvalue weighted by atomic mass is 32.2. The Labute approximate surface area is 139 Å². The molecule has 2 aromatic rings. The quantitative estimate of drug-likeness (QED) is 0.720. The van der Waals surface area contributed by atoms with Crippen LogP contribution in [0, 0.1) is 0 Å². The standard InChI is InChI=1S/C17H10F3NO2S/c18-17(19,20)12-6-4-5-11(9-12)10-14-15(22)21(16(23)24-14)13-7-2-1-3-8-13/h1-10H/b14-10-. The van der Waals surface area contributed by atoms with Crippen molar-refractivity contribution < 1.29 is 22.8 Å². The van der Waals surface area contributed by atoms with Crippen LogP contribution in [0.4, 0.5) is 23.7 Å². The molecule has 0 radical (unpaired) electrons. The molecule has 2 aromatic carbocycles. The van der Waals surface area contributed by atoms with Crippen LogP contribution in [0.3, 0.4) is 0 Å². The number of hydrogen-bond donors (Lipinski definition) is 0. The summed E-state index contributed by atoms with van der Waals surface area (Å²) < 4.78 is 38.2. The van der Waals surface area contributed by atoms with Crippen molar-refractivity contribution in [3.05, 3.63) is 70.6 Å². The SMILES string of the molecule is O=C1S/C(=C\c2cccc(C(F)(F)F)c2)C(=O)N1c1ccccc1. The first-order valence-corrected chi connectivity index (χ1v) is 7.68. The first-order valence-electron chi connectivity index (χ1n) is 6.86. The summed E-state index contributed by atoms with van der Waals surface area (Å²) in [4.78, 5) is 25.5. The first kappa shape index (κ1) is 16.3. The van der Waals surface area contributed by atoms with E-state index in [2.05, 4.69) is 0 Å². The van der Waals surface area contributed by atoms with Gasteiger partial charge in [-0.15, -0.1) is 0 Å². The van der Waals surface area contributed by atoms with Crippen molar-refractivity contribution in [2.24, 2.45) is 0 Å². The van der Waals surface area contributed by atoms with E-state index in [1.165, 1.54) is 18.2 Å². The maximum absolute atomic E-state index is 12.7. The average Bonchev–Trinajstić information content (AvgIpc) is 2.82. The molecule has 0 N–H and O–H groups in total. The molecular formula is C17H10F3NO2S. The van der Waals surface area contributed by atoms with Crippen LogP contribution in [0.2, 0.25) is 0 Å². The van der Waals surface area contributed by atoms with Crippen molar-refractivity contribution in [3.8, 4) is 0 Å². The largest absolute Gasteiger partial charge is 0.416 e. The van der Waals surface area contributed by atoms with Crippen LogP contribution in [0.25, 0.3) is 6.08 Å². The fraction of sp³-hybridized carbons (Fsp3) is 0.0588. The lowest BCUT2D eigenvalue weighted by Crippen LogP contribution is -2.27. The Morgan fingerprint density at radius 3 is 2.33 bits per heavy atom. The molecule has 24 heavy (non-hydrogen) atoms. The molecule has 0 aromatic heterocycles. The molecule has 3 rings (SSSR count). The summed E-state index contributed by atoms with van der Waals surface area (Å²) in [6.45, 7) is 0. The predicted octanol–water partition coefficient (Wildman–Crippen LogP) is 4.95. The molecule has 3 nitrogen and oxygen atoms in total. The van der Waals surface area contributed by atoms with E-state index in [-0.39, 0.29) is 10.5 Å². The smallest absolute Gasteiger partial charge is 0.268 e. The third-order valence-corrected chi connectivity index (χ3v) is 4.19. The summed E-state index contributed by atoms with van der Waals surface area (Å²) >= 11 is 0.702. The van der Waals surface area contributed by atoms with Crippen LogP contribution in [0.5, 0.6) is 0 Å². The number of imide groups is 1. The zero-order valence-corrected chi connectivity index (χ0v) is 12.9. The molecule has 0 saturated carbocycles. The molecule has 1 saturated heterocycles. The van der Waals surface area contributed by atoms with Crippen LogP contribution in [-0.2, 0) is 11.0 Å². The summed E-state index contributed by atoms with van der Waals surface area (Å²) in [5.74, 6) is -0.548. The molecule has 7 heteroatoms. The van der Waals surface area contributed by atoms with Gasteiger partial charge in [-0.3, -0.25) is 9.59 Å². The Bertz CT molecular complexity index is 831. The Morgan fingerprint density at radius 2 is 1.67 bits per heavy atom. The molecule has 0 aliphatic carbocycles. The van der Waals surface area contributed by atoms with Gasteiger partial charge in [-0.2, -0.15) is 13.2 Å². The number of anilines is 1. The van der Waals surface area contributed by atoms with E-state index >= 15 is 0 Å². The lowest BCUT2D eigenvalue weighted by atomic mass is 10.1. The van der Waals surface area contributed by atoms with Gasteiger partial charge in [-0.05, 0) is 47.7 Å². The Hall–Kier alpha value is -2.54. The number of nitrogens with zero attached hydrogens (tertiary/aromatic N) is 1. The number of hydrogen-bond acceptors (Lipinski definition) is 3. The molecule has 1 aliphatic heterocycles. The highest BCUT2D eigenvalue weighted by Gasteiger charge is 2.36. The normalized spacial score (nSPS) is 17.0. The summed E-state index contributed by atoms with van der Waals surface area (Å²) in [7, 11) is 0. The first-order chi connectivity index (χ1) is 11.4. The predicted molar refractivity (Wildman–Crippen MR) is 86.3 cm³/mol. The summed E-state index contributed by atoms with van der Waals surface area (Å²) in [6, 6.07) is 13.0. The van der Waals surface area contributed by atoms with Gasteiger partial charge in [0.25, 0.3) is 11.1 Å². The van der Waals surface area contributed by atoms with E-state index in [4.69, 9.17) is 0 Å². The van der Waals surface area contributed by atoms with Crippen LogP contribution >= 0.6 is 11.8 Å². The van der Waals surface area contributed by atoms with E-state index in [0.29, 0.717) is 17.4 Å². The second-order valence-corrected chi connectivity index (χ2v) is 5.97. The maximum atomic E-state index is 12.7. The van der Waals surface area contributed by atoms with Crippen molar-refractivity contribution in [2.75, 3.05) is 4.90 Å². The van der Waals surface area contributed by atoms with Crippen LogP contribution < -0.4 is 4.90 Å². The lowest BCUT2D eigenvalue weighted by Gasteiger charge is -2.11. The zero-order valence-electron chi connectivity index (χ0n) is 12.1.